The van der Waals surface area contributed by atoms with Crippen molar-refractivity contribution in [2.45, 2.75) is 0 Å². The van der Waals surface area contributed by atoms with Crippen LogP contribution in [0.25, 0.3) is 16.9 Å². The Morgan fingerprint density at radius 1 is 1.22 bits per heavy atom. The molecule has 7 heteroatoms. The van der Waals surface area contributed by atoms with Crippen LogP contribution in [0.3, 0.4) is 0 Å². The molecule has 0 fully saturated rings. The van der Waals surface area contributed by atoms with Crippen LogP contribution < -0.4 is 5.69 Å². The molecule has 0 unspecified atom stereocenters. The van der Waals surface area contributed by atoms with E-state index in [-0.39, 0.29) is 10.8 Å². The highest BCUT2D eigenvalue weighted by Crippen LogP contribution is 2.21. The van der Waals surface area contributed by atoms with E-state index in [2.05, 4.69) is 30.9 Å². The first-order chi connectivity index (χ1) is 8.66. The van der Waals surface area contributed by atoms with E-state index in [4.69, 9.17) is 11.6 Å². The number of H-pyrrole nitrogens is 1. The summed E-state index contributed by atoms with van der Waals surface area (Å²) in [5.41, 5.74) is 1.30. The second-order valence-electron chi connectivity index (χ2n) is 3.60. The topological polar surface area (TPSA) is 63.6 Å². The quantitative estimate of drug-likeness (QED) is 0.699. The van der Waals surface area contributed by atoms with Gasteiger partial charge in [-0.2, -0.15) is 0 Å². The lowest BCUT2D eigenvalue weighted by molar-refractivity contribution is 1.01. The van der Waals surface area contributed by atoms with Crippen LogP contribution in [0.15, 0.2) is 39.9 Å². The molecule has 0 saturated heterocycles. The van der Waals surface area contributed by atoms with Crippen LogP contribution in [-0.2, 0) is 0 Å². The Morgan fingerprint density at radius 2 is 1.94 bits per heavy atom. The fourth-order valence-electron chi connectivity index (χ4n) is 1.74. The molecule has 1 aromatic carbocycles. The lowest BCUT2D eigenvalue weighted by Crippen LogP contribution is -2.14. The van der Waals surface area contributed by atoms with Crippen LogP contribution in [0.5, 0.6) is 0 Å². The molecule has 3 rings (SSSR count). The molecule has 5 nitrogen and oxygen atoms in total. The van der Waals surface area contributed by atoms with Gasteiger partial charge in [-0.05, 0) is 24.3 Å². The summed E-state index contributed by atoms with van der Waals surface area (Å²) < 4.78 is 2.38. The summed E-state index contributed by atoms with van der Waals surface area (Å²) >= 11 is 9.36. The fraction of sp³-hybridized carbons (Fsp3) is 0. The zero-order valence-corrected chi connectivity index (χ0v) is 11.2. The van der Waals surface area contributed by atoms with Crippen LogP contribution in [0, 0.1) is 0 Å². The third kappa shape index (κ3) is 1.74. The lowest BCUT2D eigenvalue weighted by atomic mass is 10.3. The maximum Gasteiger partial charge on any atom is 0.332 e. The van der Waals surface area contributed by atoms with Gasteiger partial charge in [0.05, 0.1) is 5.69 Å². The van der Waals surface area contributed by atoms with Crippen molar-refractivity contribution in [1.29, 1.82) is 0 Å². The Balaban J connectivity index is 2.38. The van der Waals surface area contributed by atoms with E-state index in [9.17, 15) is 4.79 Å². The normalized spacial score (nSPS) is 11.0. The predicted molar refractivity (Wildman–Crippen MR) is 72.2 cm³/mol. The summed E-state index contributed by atoms with van der Waals surface area (Å²) in [5.74, 6) is 0. The van der Waals surface area contributed by atoms with Crippen LogP contribution in [0.4, 0.5) is 0 Å². The first-order valence-electron chi connectivity index (χ1n) is 5.04. The molecule has 0 radical (unpaired) electrons. The van der Waals surface area contributed by atoms with Crippen molar-refractivity contribution in [3.05, 3.63) is 50.7 Å². The lowest BCUT2D eigenvalue weighted by Gasteiger charge is -2.03. The second kappa shape index (κ2) is 4.22. The first-order valence-corrected chi connectivity index (χ1v) is 6.21. The molecular formula is C11H6BrClN4O. The van der Waals surface area contributed by atoms with Crippen molar-refractivity contribution in [3.63, 3.8) is 0 Å². The smallest absolute Gasteiger partial charge is 0.290 e. The van der Waals surface area contributed by atoms with Gasteiger partial charge >= 0.3 is 5.69 Å². The van der Waals surface area contributed by atoms with E-state index in [1.807, 2.05) is 24.3 Å². The Bertz CT molecular complexity index is 778. The molecule has 2 heterocycles. The van der Waals surface area contributed by atoms with Crippen molar-refractivity contribution < 1.29 is 0 Å². The van der Waals surface area contributed by atoms with E-state index < -0.39 is 0 Å². The standard InChI is InChI=1S/C11H6BrClN4O/c12-6-1-3-7(4-2-6)17-8-9(13)14-5-15-10(8)16-11(17)18/h1-5H,(H,14,15,16,18). The third-order valence-corrected chi connectivity index (χ3v) is 3.32. The van der Waals surface area contributed by atoms with Gasteiger partial charge in [0, 0.05) is 4.47 Å². The molecule has 0 aliphatic carbocycles. The van der Waals surface area contributed by atoms with Gasteiger partial charge < -0.3 is 0 Å². The van der Waals surface area contributed by atoms with Gasteiger partial charge in [-0.25, -0.2) is 14.8 Å². The monoisotopic (exact) mass is 324 g/mol. The molecule has 0 bridgehead atoms. The van der Waals surface area contributed by atoms with E-state index in [0.29, 0.717) is 16.9 Å². The number of hydrogen-bond donors (Lipinski definition) is 1. The third-order valence-electron chi connectivity index (χ3n) is 2.51. The number of benzene rings is 1. The van der Waals surface area contributed by atoms with E-state index >= 15 is 0 Å². The molecule has 0 spiro atoms. The maximum atomic E-state index is 11.9. The number of imidazole rings is 1. The van der Waals surface area contributed by atoms with Gasteiger partial charge in [0.2, 0.25) is 0 Å². The molecule has 0 amide bonds. The number of halogens is 2. The van der Waals surface area contributed by atoms with Gasteiger partial charge in [0.25, 0.3) is 0 Å². The Hall–Kier alpha value is -1.66. The zero-order valence-electron chi connectivity index (χ0n) is 8.89. The number of rotatable bonds is 1. The summed E-state index contributed by atoms with van der Waals surface area (Å²) in [6, 6.07) is 7.31. The second-order valence-corrected chi connectivity index (χ2v) is 4.88. The summed E-state index contributed by atoms with van der Waals surface area (Å²) in [4.78, 5) is 22.5. The van der Waals surface area contributed by atoms with E-state index in [1.165, 1.54) is 10.9 Å². The predicted octanol–water partition coefficient (Wildman–Crippen LogP) is 2.52. The molecule has 90 valence electrons. The molecule has 0 atom stereocenters. The molecule has 0 saturated carbocycles. The molecule has 1 N–H and O–H groups in total. The molecule has 0 aliphatic rings. The number of aromatic nitrogens is 4. The zero-order chi connectivity index (χ0) is 12.7. The number of nitrogens with one attached hydrogen (secondary N) is 1. The average Bonchev–Trinajstić information content (AvgIpc) is 2.68. The van der Waals surface area contributed by atoms with Crippen molar-refractivity contribution in [3.8, 4) is 5.69 Å². The Labute approximate surface area is 115 Å². The van der Waals surface area contributed by atoms with Gasteiger partial charge in [0.15, 0.2) is 10.8 Å². The van der Waals surface area contributed by atoms with Gasteiger partial charge in [-0.15, -0.1) is 0 Å². The minimum atomic E-state index is -0.297. The Morgan fingerprint density at radius 3 is 2.67 bits per heavy atom. The largest absolute Gasteiger partial charge is 0.332 e. The van der Waals surface area contributed by atoms with E-state index in [0.717, 1.165) is 4.47 Å². The van der Waals surface area contributed by atoms with Gasteiger partial charge in [-0.1, -0.05) is 27.5 Å². The fourth-order valence-corrected chi connectivity index (χ4v) is 2.22. The molecule has 2 aromatic heterocycles. The minimum Gasteiger partial charge on any atom is -0.290 e. The molecule has 3 aromatic rings. The first kappa shape index (κ1) is 11.4. The van der Waals surface area contributed by atoms with Crippen molar-refractivity contribution in [2.24, 2.45) is 0 Å². The summed E-state index contributed by atoms with van der Waals surface area (Å²) in [5, 5.41) is 0.237. The molecule has 18 heavy (non-hydrogen) atoms. The number of fused-ring (bicyclic) bond motifs is 1. The highest BCUT2D eigenvalue weighted by molar-refractivity contribution is 9.10. The van der Waals surface area contributed by atoms with Crippen LogP contribution >= 0.6 is 27.5 Å². The highest BCUT2D eigenvalue weighted by Gasteiger charge is 2.13. The molecular weight excluding hydrogens is 320 g/mol. The van der Waals surface area contributed by atoms with Gasteiger partial charge in [-0.3, -0.25) is 9.55 Å². The van der Waals surface area contributed by atoms with E-state index in [1.54, 1.807) is 0 Å². The highest BCUT2D eigenvalue weighted by atomic mass is 79.9. The van der Waals surface area contributed by atoms with Crippen molar-refractivity contribution >= 4 is 38.7 Å². The number of aromatic amines is 1. The summed E-state index contributed by atoms with van der Waals surface area (Å²) in [7, 11) is 0. The summed E-state index contributed by atoms with van der Waals surface area (Å²) in [6.07, 6.45) is 1.31. The number of nitrogens with zero attached hydrogens (tertiary/aromatic N) is 3. The molecule has 0 aliphatic heterocycles. The maximum absolute atomic E-state index is 11.9. The average molecular weight is 326 g/mol. The minimum absolute atomic E-state index is 0.237. The van der Waals surface area contributed by atoms with Crippen LogP contribution in [0.2, 0.25) is 5.15 Å². The number of hydrogen-bond acceptors (Lipinski definition) is 3. The van der Waals surface area contributed by atoms with Gasteiger partial charge in [0.1, 0.15) is 11.8 Å². The van der Waals surface area contributed by atoms with Crippen molar-refractivity contribution in [2.75, 3.05) is 0 Å². The summed E-state index contributed by atoms with van der Waals surface area (Å²) in [6.45, 7) is 0. The SMILES string of the molecule is O=c1[nH]c2ncnc(Cl)c2n1-c1ccc(Br)cc1. The van der Waals surface area contributed by atoms with Crippen LogP contribution in [0.1, 0.15) is 0 Å². The van der Waals surface area contributed by atoms with Crippen LogP contribution in [-0.4, -0.2) is 19.5 Å². The van der Waals surface area contributed by atoms with Crippen molar-refractivity contribution in [1.82, 2.24) is 19.5 Å². The Kier molecular flexibility index (Phi) is 2.68.